The number of hydrogen-bond acceptors (Lipinski definition) is 3. The molecule has 0 saturated heterocycles. The van der Waals surface area contributed by atoms with E-state index in [0.29, 0.717) is 13.2 Å². The van der Waals surface area contributed by atoms with Crippen LogP contribution in [-0.2, 0) is 12.0 Å². The van der Waals surface area contributed by atoms with E-state index in [2.05, 4.69) is 67.8 Å². The van der Waals surface area contributed by atoms with Gasteiger partial charge in [-0.25, -0.2) is 4.98 Å². The van der Waals surface area contributed by atoms with Gasteiger partial charge in [0.25, 0.3) is 0 Å². The molecule has 154 valence electrons. The monoisotopic (exact) mass is 400 g/mol. The zero-order chi connectivity index (χ0) is 21.1. The number of nitrogens with zero attached hydrogens (tertiary/aromatic N) is 2. The van der Waals surface area contributed by atoms with Crippen LogP contribution < -0.4 is 9.47 Å². The quantitative estimate of drug-likeness (QED) is 0.393. The Kier molecular flexibility index (Phi) is 5.49. The summed E-state index contributed by atoms with van der Waals surface area (Å²) in [5.41, 5.74) is 4.67. The summed E-state index contributed by atoms with van der Waals surface area (Å²) in [5, 5.41) is 0. The van der Waals surface area contributed by atoms with Gasteiger partial charge in [0, 0.05) is 5.56 Å². The molecule has 0 amide bonds. The van der Waals surface area contributed by atoms with Gasteiger partial charge in [0.05, 0.1) is 24.7 Å². The van der Waals surface area contributed by atoms with Crippen LogP contribution in [0.4, 0.5) is 0 Å². The molecule has 0 saturated carbocycles. The van der Waals surface area contributed by atoms with E-state index in [9.17, 15) is 0 Å². The van der Waals surface area contributed by atoms with Gasteiger partial charge < -0.3 is 14.0 Å². The number of imidazole rings is 1. The molecule has 0 aliphatic heterocycles. The number of ether oxygens (including phenoxy) is 2. The molecule has 0 unspecified atom stereocenters. The highest BCUT2D eigenvalue weighted by molar-refractivity contribution is 5.80. The van der Waals surface area contributed by atoms with Gasteiger partial charge in [-0.05, 0) is 47.4 Å². The Balaban J connectivity index is 1.60. The van der Waals surface area contributed by atoms with Crippen molar-refractivity contribution < 1.29 is 9.47 Å². The first kappa shape index (κ1) is 20.0. The Bertz CT molecular complexity index is 1120. The number of fused-ring (bicyclic) bond motifs is 1. The molecular weight excluding hydrogens is 372 g/mol. The molecule has 0 radical (unpaired) electrons. The highest BCUT2D eigenvalue weighted by Gasteiger charge is 2.16. The van der Waals surface area contributed by atoms with Crippen LogP contribution in [0, 0.1) is 0 Å². The third-order valence-corrected chi connectivity index (χ3v) is 5.31. The Hall–Kier alpha value is -3.27. The molecule has 4 nitrogen and oxygen atoms in total. The highest BCUT2D eigenvalue weighted by Crippen LogP contribution is 2.28. The van der Waals surface area contributed by atoms with Crippen molar-refractivity contribution in [3.8, 4) is 22.9 Å². The summed E-state index contributed by atoms with van der Waals surface area (Å²) in [6.45, 7) is 7.96. The lowest BCUT2D eigenvalue weighted by molar-refractivity contribution is 0.300. The molecule has 4 rings (SSSR count). The molecule has 0 aliphatic carbocycles. The molecule has 0 spiro atoms. The molecule has 30 heavy (non-hydrogen) atoms. The summed E-state index contributed by atoms with van der Waals surface area (Å²) >= 11 is 0. The molecule has 0 bridgehead atoms. The summed E-state index contributed by atoms with van der Waals surface area (Å²) in [6, 6.07) is 24.7. The molecule has 1 heterocycles. The van der Waals surface area contributed by atoms with Crippen molar-refractivity contribution in [3.05, 3.63) is 78.4 Å². The first-order valence-electron chi connectivity index (χ1n) is 10.3. The van der Waals surface area contributed by atoms with Gasteiger partial charge in [-0.1, -0.05) is 57.2 Å². The summed E-state index contributed by atoms with van der Waals surface area (Å²) in [4.78, 5) is 4.91. The Labute approximate surface area is 178 Å². The van der Waals surface area contributed by atoms with Crippen LogP contribution in [0.3, 0.4) is 0 Å². The van der Waals surface area contributed by atoms with E-state index in [1.165, 1.54) is 5.56 Å². The molecule has 3 aromatic carbocycles. The van der Waals surface area contributed by atoms with Crippen molar-refractivity contribution in [2.24, 2.45) is 0 Å². The molecular formula is C26H28N2O2. The zero-order valence-corrected chi connectivity index (χ0v) is 18.1. The smallest absolute Gasteiger partial charge is 0.141 e. The van der Waals surface area contributed by atoms with Crippen LogP contribution in [0.15, 0.2) is 72.8 Å². The van der Waals surface area contributed by atoms with Crippen molar-refractivity contribution in [2.45, 2.75) is 32.7 Å². The Morgan fingerprint density at radius 3 is 2.17 bits per heavy atom. The summed E-state index contributed by atoms with van der Waals surface area (Å²) in [6.07, 6.45) is 0. The summed E-state index contributed by atoms with van der Waals surface area (Å²) < 4.78 is 13.4. The lowest BCUT2D eigenvalue weighted by Crippen LogP contribution is -2.11. The van der Waals surface area contributed by atoms with Crippen molar-refractivity contribution in [3.63, 3.8) is 0 Å². The van der Waals surface area contributed by atoms with E-state index < -0.39 is 0 Å². The van der Waals surface area contributed by atoms with E-state index >= 15 is 0 Å². The third kappa shape index (κ3) is 4.18. The first-order valence-corrected chi connectivity index (χ1v) is 10.3. The minimum atomic E-state index is 0.130. The molecule has 0 fully saturated rings. The van der Waals surface area contributed by atoms with E-state index in [-0.39, 0.29) is 5.41 Å². The number of rotatable bonds is 6. The largest absolute Gasteiger partial charge is 0.497 e. The van der Waals surface area contributed by atoms with Gasteiger partial charge in [0.2, 0.25) is 0 Å². The fraction of sp³-hybridized carbons (Fsp3) is 0.269. The van der Waals surface area contributed by atoms with Gasteiger partial charge in [-0.3, -0.25) is 0 Å². The van der Waals surface area contributed by atoms with E-state index in [4.69, 9.17) is 14.5 Å². The van der Waals surface area contributed by atoms with Crippen molar-refractivity contribution in [1.29, 1.82) is 0 Å². The topological polar surface area (TPSA) is 36.3 Å². The van der Waals surface area contributed by atoms with Crippen LogP contribution in [0.2, 0.25) is 0 Å². The Morgan fingerprint density at radius 2 is 1.50 bits per heavy atom. The Morgan fingerprint density at radius 1 is 0.833 bits per heavy atom. The van der Waals surface area contributed by atoms with Crippen molar-refractivity contribution >= 4 is 11.0 Å². The van der Waals surface area contributed by atoms with Crippen LogP contribution in [0.5, 0.6) is 11.5 Å². The minimum Gasteiger partial charge on any atom is -0.497 e. The summed E-state index contributed by atoms with van der Waals surface area (Å²) in [7, 11) is 1.66. The molecule has 0 N–H and O–H groups in total. The summed E-state index contributed by atoms with van der Waals surface area (Å²) in [5.74, 6) is 2.62. The number of aromatic nitrogens is 2. The fourth-order valence-corrected chi connectivity index (χ4v) is 3.57. The second-order valence-corrected chi connectivity index (χ2v) is 8.43. The standard InChI is InChI=1S/C26H28N2O2/c1-26(2,3)20-11-9-19(10-12-20)25-27-23-7-5-6-8-24(23)28(25)17-18-30-22-15-13-21(29-4)14-16-22/h5-16H,17-18H2,1-4H3. The average molecular weight is 401 g/mol. The number of para-hydroxylation sites is 2. The van der Waals surface area contributed by atoms with Gasteiger partial charge in [0.1, 0.15) is 23.9 Å². The van der Waals surface area contributed by atoms with Crippen molar-refractivity contribution in [1.82, 2.24) is 9.55 Å². The van der Waals surface area contributed by atoms with E-state index in [1.54, 1.807) is 7.11 Å². The molecule has 0 atom stereocenters. The van der Waals surface area contributed by atoms with Crippen LogP contribution in [0.25, 0.3) is 22.4 Å². The van der Waals surface area contributed by atoms with Crippen molar-refractivity contribution in [2.75, 3.05) is 13.7 Å². The van der Waals surface area contributed by atoms with Gasteiger partial charge >= 0.3 is 0 Å². The van der Waals surface area contributed by atoms with Crippen LogP contribution in [-0.4, -0.2) is 23.3 Å². The number of methoxy groups -OCH3 is 1. The predicted molar refractivity (Wildman–Crippen MR) is 122 cm³/mol. The molecule has 0 aliphatic rings. The van der Waals surface area contributed by atoms with E-state index in [1.807, 2.05) is 30.3 Å². The molecule has 4 aromatic rings. The minimum absolute atomic E-state index is 0.130. The molecule has 1 aromatic heterocycles. The maximum Gasteiger partial charge on any atom is 0.141 e. The maximum atomic E-state index is 5.98. The number of hydrogen-bond donors (Lipinski definition) is 0. The SMILES string of the molecule is COc1ccc(OCCn2c(-c3ccc(C(C)(C)C)cc3)nc3ccccc32)cc1. The first-order chi connectivity index (χ1) is 14.5. The number of benzene rings is 3. The average Bonchev–Trinajstić information content (AvgIpc) is 3.12. The van der Waals surface area contributed by atoms with Gasteiger partial charge in [-0.2, -0.15) is 0 Å². The normalized spacial score (nSPS) is 11.6. The maximum absolute atomic E-state index is 5.98. The fourth-order valence-electron chi connectivity index (χ4n) is 3.57. The van der Waals surface area contributed by atoms with Crippen LogP contribution >= 0.6 is 0 Å². The van der Waals surface area contributed by atoms with Gasteiger partial charge in [-0.15, -0.1) is 0 Å². The lowest BCUT2D eigenvalue weighted by Gasteiger charge is -2.19. The van der Waals surface area contributed by atoms with Crippen LogP contribution in [0.1, 0.15) is 26.3 Å². The third-order valence-electron chi connectivity index (χ3n) is 5.31. The highest BCUT2D eigenvalue weighted by atomic mass is 16.5. The predicted octanol–water partition coefficient (Wildman–Crippen LogP) is 6.09. The second-order valence-electron chi connectivity index (χ2n) is 8.43. The second kappa shape index (κ2) is 8.23. The lowest BCUT2D eigenvalue weighted by atomic mass is 9.87. The zero-order valence-electron chi connectivity index (χ0n) is 18.1. The van der Waals surface area contributed by atoms with E-state index in [0.717, 1.165) is 33.9 Å². The van der Waals surface area contributed by atoms with Gasteiger partial charge in [0.15, 0.2) is 0 Å². The molecule has 4 heteroatoms.